The molecule has 5 rings (SSSR count). The predicted octanol–water partition coefficient (Wildman–Crippen LogP) is 2.52. The summed E-state index contributed by atoms with van der Waals surface area (Å²) < 4.78 is 7.32. The molecular weight excluding hydrogens is 400 g/mol. The zero-order valence-corrected chi connectivity index (χ0v) is 17.0. The van der Waals surface area contributed by atoms with E-state index in [1.54, 1.807) is 38.7 Å². The third kappa shape index (κ3) is 3.13. The van der Waals surface area contributed by atoms with Crippen LogP contribution in [0.1, 0.15) is 21.1 Å². The second-order valence-corrected chi connectivity index (χ2v) is 7.96. The maximum Gasteiger partial charge on any atom is 0.275 e. The molecular formula is C21H18N6O2S. The average molecular weight is 418 g/mol. The Balaban J connectivity index is 1.44. The van der Waals surface area contributed by atoms with Gasteiger partial charge in [-0.25, -0.2) is 4.98 Å². The van der Waals surface area contributed by atoms with Crippen molar-refractivity contribution < 1.29 is 4.79 Å². The fourth-order valence-corrected chi connectivity index (χ4v) is 4.34. The van der Waals surface area contributed by atoms with E-state index in [9.17, 15) is 9.59 Å². The Kier molecular flexibility index (Phi) is 4.51. The van der Waals surface area contributed by atoms with Gasteiger partial charge in [-0.15, -0.1) is 5.10 Å². The molecule has 0 spiro atoms. The van der Waals surface area contributed by atoms with Gasteiger partial charge in [0.15, 0.2) is 0 Å². The van der Waals surface area contributed by atoms with E-state index in [0.717, 1.165) is 21.8 Å². The number of hydrogen-bond acceptors (Lipinski definition) is 6. The van der Waals surface area contributed by atoms with Crippen LogP contribution < -0.4 is 5.56 Å². The monoisotopic (exact) mass is 418 g/mol. The van der Waals surface area contributed by atoms with Gasteiger partial charge in [0.05, 0.1) is 23.4 Å². The summed E-state index contributed by atoms with van der Waals surface area (Å²) in [6.07, 6.45) is 3.40. The van der Waals surface area contributed by atoms with Gasteiger partial charge in [0, 0.05) is 24.8 Å². The fourth-order valence-electron chi connectivity index (χ4n) is 3.66. The Morgan fingerprint density at radius 3 is 2.67 bits per heavy atom. The van der Waals surface area contributed by atoms with Crippen molar-refractivity contribution in [3.63, 3.8) is 0 Å². The number of carbonyl (C=O) groups excluding carboxylic acids is 1. The van der Waals surface area contributed by atoms with Crippen LogP contribution in [0.5, 0.6) is 0 Å². The molecule has 30 heavy (non-hydrogen) atoms. The number of aryl methyl sites for hydroxylation is 1. The van der Waals surface area contributed by atoms with Crippen LogP contribution in [-0.2, 0) is 13.1 Å². The lowest BCUT2D eigenvalue weighted by molar-refractivity contribution is 0.0688. The van der Waals surface area contributed by atoms with Crippen molar-refractivity contribution in [1.29, 1.82) is 0 Å². The van der Waals surface area contributed by atoms with Gasteiger partial charge in [0.1, 0.15) is 17.1 Å². The first-order chi connectivity index (χ1) is 14.6. The third-order valence-electron chi connectivity index (χ3n) is 5.18. The number of aromatic nitrogens is 5. The minimum atomic E-state index is -0.192. The normalized spacial score (nSPS) is 13.5. The van der Waals surface area contributed by atoms with Crippen molar-refractivity contribution in [2.45, 2.75) is 20.0 Å². The molecule has 150 valence electrons. The first-order valence-corrected chi connectivity index (χ1v) is 10.3. The molecule has 1 amide bonds. The quantitative estimate of drug-likeness (QED) is 0.508. The number of hydrogen-bond donors (Lipinski definition) is 0. The van der Waals surface area contributed by atoms with E-state index in [-0.39, 0.29) is 11.5 Å². The van der Waals surface area contributed by atoms with Gasteiger partial charge < -0.3 is 14.0 Å². The van der Waals surface area contributed by atoms with Gasteiger partial charge in [-0.3, -0.25) is 9.59 Å². The summed E-state index contributed by atoms with van der Waals surface area (Å²) in [4.78, 5) is 32.9. The van der Waals surface area contributed by atoms with Gasteiger partial charge in [0.2, 0.25) is 0 Å². The lowest BCUT2D eigenvalue weighted by atomic mass is 10.1. The van der Waals surface area contributed by atoms with Gasteiger partial charge >= 0.3 is 0 Å². The van der Waals surface area contributed by atoms with E-state index in [2.05, 4.69) is 14.6 Å². The number of fused-ring (bicyclic) bond motifs is 1. The molecule has 0 unspecified atom stereocenters. The number of pyridine rings is 1. The maximum absolute atomic E-state index is 13.1. The average Bonchev–Trinajstić information content (AvgIpc) is 3.40. The first-order valence-electron chi connectivity index (χ1n) is 9.52. The molecule has 0 fully saturated rings. The largest absolute Gasteiger partial charge is 0.330 e. The highest BCUT2D eigenvalue weighted by atomic mass is 32.1. The second-order valence-electron chi connectivity index (χ2n) is 7.12. The molecule has 9 heteroatoms. The van der Waals surface area contributed by atoms with Crippen LogP contribution in [0.2, 0.25) is 0 Å². The third-order valence-corrected chi connectivity index (χ3v) is 5.89. The number of amides is 1. The smallest absolute Gasteiger partial charge is 0.275 e. The van der Waals surface area contributed by atoms with Gasteiger partial charge in [-0.1, -0.05) is 34.8 Å². The molecule has 1 aromatic carbocycles. The zero-order valence-electron chi connectivity index (χ0n) is 16.2. The molecule has 3 aromatic heterocycles. The molecule has 0 atom stereocenters. The molecule has 4 heterocycles. The van der Waals surface area contributed by atoms with E-state index in [4.69, 9.17) is 0 Å². The van der Waals surface area contributed by atoms with Crippen molar-refractivity contribution in [1.82, 2.24) is 28.6 Å². The highest BCUT2D eigenvalue weighted by Crippen LogP contribution is 2.26. The van der Waals surface area contributed by atoms with E-state index in [1.807, 2.05) is 37.3 Å². The molecule has 0 N–H and O–H groups in total. The lowest BCUT2D eigenvalue weighted by Gasteiger charge is -2.29. The summed E-state index contributed by atoms with van der Waals surface area (Å²) >= 11 is 1.29. The molecule has 1 aliphatic heterocycles. The number of carbonyl (C=O) groups is 1. The van der Waals surface area contributed by atoms with Crippen LogP contribution in [0.3, 0.4) is 0 Å². The molecule has 4 aromatic rings. The second kappa shape index (κ2) is 7.34. The topological polar surface area (TPSA) is 85.9 Å². The molecule has 0 saturated heterocycles. The molecule has 0 aliphatic carbocycles. The molecule has 0 bridgehead atoms. The SMILES string of the molecule is Cc1cn(-c2ccc3n(c2=O)CCN(Cc2snnc2-c2ccccc2)C3=O)cn1. The summed E-state index contributed by atoms with van der Waals surface area (Å²) in [6, 6.07) is 13.2. The van der Waals surface area contributed by atoms with Crippen LogP contribution >= 0.6 is 11.5 Å². The number of benzene rings is 1. The van der Waals surface area contributed by atoms with Crippen molar-refractivity contribution in [3.05, 3.63) is 81.6 Å². The number of nitrogens with zero attached hydrogens (tertiary/aromatic N) is 6. The number of imidazole rings is 1. The lowest BCUT2D eigenvalue weighted by Crippen LogP contribution is -2.44. The van der Waals surface area contributed by atoms with Crippen molar-refractivity contribution in [2.24, 2.45) is 0 Å². The summed E-state index contributed by atoms with van der Waals surface area (Å²) in [5.74, 6) is -0.167. The molecule has 8 nitrogen and oxygen atoms in total. The summed E-state index contributed by atoms with van der Waals surface area (Å²) in [5.41, 5.74) is 3.28. The highest BCUT2D eigenvalue weighted by molar-refractivity contribution is 7.06. The first kappa shape index (κ1) is 18.4. The van der Waals surface area contributed by atoms with E-state index >= 15 is 0 Å². The minimum Gasteiger partial charge on any atom is -0.330 e. The number of rotatable bonds is 4. The fraction of sp³-hybridized carbons (Fsp3) is 0.190. The standard InChI is InChI=1S/C21H18N6O2S/c1-14-11-26(13-22-14)16-7-8-17-20(28)25(9-10-27(17)21(16)29)12-18-19(23-24-30-18)15-5-3-2-4-6-15/h2-8,11,13H,9-10,12H2,1H3. The summed E-state index contributed by atoms with van der Waals surface area (Å²) in [5, 5.41) is 4.25. The Hall–Kier alpha value is -3.59. The molecule has 1 aliphatic rings. The van der Waals surface area contributed by atoms with Crippen LogP contribution in [0.25, 0.3) is 16.9 Å². The van der Waals surface area contributed by atoms with Crippen LogP contribution in [0.4, 0.5) is 0 Å². The Morgan fingerprint density at radius 2 is 1.90 bits per heavy atom. The van der Waals surface area contributed by atoms with Crippen LogP contribution in [-0.4, -0.2) is 41.1 Å². The van der Waals surface area contributed by atoms with Crippen LogP contribution in [0.15, 0.2) is 59.8 Å². The van der Waals surface area contributed by atoms with Gasteiger partial charge in [0.25, 0.3) is 11.5 Å². The zero-order chi connectivity index (χ0) is 20.7. The van der Waals surface area contributed by atoms with Crippen molar-refractivity contribution in [3.8, 4) is 16.9 Å². The van der Waals surface area contributed by atoms with E-state index < -0.39 is 0 Å². The Bertz CT molecular complexity index is 1290. The van der Waals surface area contributed by atoms with Crippen LogP contribution in [0, 0.1) is 6.92 Å². The molecule has 0 saturated carbocycles. The Labute approximate surface area is 176 Å². The minimum absolute atomic E-state index is 0.167. The van der Waals surface area contributed by atoms with Gasteiger partial charge in [-0.05, 0) is 30.6 Å². The highest BCUT2D eigenvalue weighted by Gasteiger charge is 2.27. The summed E-state index contributed by atoms with van der Waals surface area (Å²) in [7, 11) is 0. The van der Waals surface area contributed by atoms with Crippen molar-refractivity contribution in [2.75, 3.05) is 6.54 Å². The molecule has 0 radical (unpaired) electrons. The predicted molar refractivity (Wildman–Crippen MR) is 113 cm³/mol. The van der Waals surface area contributed by atoms with Crippen molar-refractivity contribution >= 4 is 17.4 Å². The van der Waals surface area contributed by atoms with E-state index in [0.29, 0.717) is 31.0 Å². The van der Waals surface area contributed by atoms with Gasteiger partial charge in [-0.2, -0.15) is 0 Å². The van der Waals surface area contributed by atoms with E-state index in [1.165, 1.54) is 11.5 Å². The summed E-state index contributed by atoms with van der Waals surface area (Å²) in [6.45, 7) is 3.17. The Morgan fingerprint density at radius 1 is 1.07 bits per heavy atom. The maximum atomic E-state index is 13.1.